The maximum Gasteiger partial charge on any atom is 0.430 e. The van der Waals surface area contributed by atoms with E-state index in [0.717, 1.165) is 0 Å². The van der Waals surface area contributed by atoms with Crippen molar-refractivity contribution in [3.63, 3.8) is 0 Å². The van der Waals surface area contributed by atoms with Crippen LogP contribution in [-0.4, -0.2) is 22.9 Å². The Morgan fingerprint density at radius 1 is 0.862 bits per heavy atom. The molecule has 4 rings (SSSR count). The van der Waals surface area contributed by atoms with E-state index >= 15 is 0 Å². The van der Waals surface area contributed by atoms with E-state index < -0.39 is 24.1 Å². The number of nitrogens with zero attached hydrogens (tertiary/aromatic N) is 2. The minimum atomic E-state index is -1.04. The third kappa shape index (κ3) is 3.64. The van der Waals surface area contributed by atoms with E-state index in [9.17, 15) is 14.4 Å². The molecule has 6 nitrogen and oxygen atoms in total. The molecule has 0 spiro atoms. The highest BCUT2D eigenvalue weighted by Crippen LogP contribution is 2.36. The normalized spacial score (nSPS) is 16.2. The Labute approximate surface area is 175 Å². The number of imide groups is 3. The van der Waals surface area contributed by atoms with Gasteiger partial charge in [-0.3, -0.25) is 9.69 Å². The van der Waals surface area contributed by atoms with Gasteiger partial charge in [-0.05, 0) is 35.9 Å². The number of ether oxygens (including phenoxy) is 1. The number of anilines is 1. The lowest BCUT2D eigenvalue weighted by atomic mass is 10.1. The molecule has 1 fully saturated rings. The molecule has 0 aromatic heterocycles. The molecule has 1 unspecified atom stereocenters. The quantitative estimate of drug-likeness (QED) is 0.516. The molecule has 1 heterocycles. The summed E-state index contributed by atoms with van der Waals surface area (Å²) in [6, 6.07) is 22.5. The van der Waals surface area contributed by atoms with Crippen LogP contribution in [0.3, 0.4) is 0 Å². The number of hydrogen-bond donors (Lipinski definition) is 0. The SMILES string of the molecule is O=C(Oc1cccc(Br)c1)N1C(=O)C(c2ccccc2)N(c2ccccc2)C1=O. The van der Waals surface area contributed by atoms with Gasteiger partial charge in [0.1, 0.15) is 11.8 Å². The highest BCUT2D eigenvalue weighted by atomic mass is 79.9. The molecular formula is C22H15BrN2O4. The summed E-state index contributed by atoms with van der Waals surface area (Å²) < 4.78 is 5.98. The number of hydrogen-bond acceptors (Lipinski definition) is 4. The van der Waals surface area contributed by atoms with Crippen LogP contribution in [0.2, 0.25) is 0 Å². The van der Waals surface area contributed by atoms with E-state index in [4.69, 9.17) is 4.74 Å². The smallest absolute Gasteiger partial charge is 0.409 e. The monoisotopic (exact) mass is 450 g/mol. The summed E-state index contributed by atoms with van der Waals surface area (Å²) in [5, 5.41) is 0. The van der Waals surface area contributed by atoms with Crippen molar-refractivity contribution < 1.29 is 19.1 Å². The summed E-state index contributed by atoms with van der Waals surface area (Å²) in [4.78, 5) is 40.8. The second-order valence-electron chi connectivity index (χ2n) is 6.30. The molecule has 0 aliphatic carbocycles. The van der Waals surface area contributed by atoms with Gasteiger partial charge in [-0.2, -0.15) is 4.90 Å². The second kappa shape index (κ2) is 7.89. The van der Waals surface area contributed by atoms with Crippen molar-refractivity contribution in [3.05, 3.63) is 95.0 Å². The predicted octanol–water partition coefficient (Wildman–Crippen LogP) is 5.16. The summed E-state index contributed by atoms with van der Waals surface area (Å²) in [5.74, 6) is -0.440. The zero-order valence-corrected chi connectivity index (χ0v) is 16.7. The average molecular weight is 451 g/mol. The topological polar surface area (TPSA) is 66.9 Å². The van der Waals surface area contributed by atoms with Gasteiger partial charge in [0.15, 0.2) is 0 Å². The van der Waals surface area contributed by atoms with Crippen molar-refractivity contribution >= 4 is 39.6 Å². The van der Waals surface area contributed by atoms with Crippen LogP contribution < -0.4 is 9.64 Å². The Morgan fingerprint density at radius 3 is 2.17 bits per heavy atom. The van der Waals surface area contributed by atoms with Crippen molar-refractivity contribution in [2.24, 2.45) is 0 Å². The number of halogens is 1. The highest BCUT2D eigenvalue weighted by Gasteiger charge is 2.50. The number of carbonyl (C=O) groups is 3. The molecular weight excluding hydrogens is 436 g/mol. The van der Waals surface area contributed by atoms with Crippen LogP contribution in [0.5, 0.6) is 5.75 Å². The second-order valence-corrected chi connectivity index (χ2v) is 7.22. The number of urea groups is 1. The number of benzene rings is 3. The molecule has 144 valence electrons. The highest BCUT2D eigenvalue weighted by molar-refractivity contribution is 9.10. The lowest BCUT2D eigenvalue weighted by Gasteiger charge is -2.21. The molecule has 1 aliphatic rings. The molecule has 7 heteroatoms. The Kier molecular flexibility index (Phi) is 5.14. The van der Waals surface area contributed by atoms with Gasteiger partial charge in [0, 0.05) is 10.2 Å². The fourth-order valence-electron chi connectivity index (χ4n) is 3.17. The molecule has 1 saturated heterocycles. The van der Waals surface area contributed by atoms with Crippen LogP contribution in [0.4, 0.5) is 15.3 Å². The lowest BCUT2D eigenvalue weighted by Crippen LogP contribution is -2.40. The number of rotatable bonds is 3. The molecule has 0 radical (unpaired) electrons. The minimum Gasteiger partial charge on any atom is -0.409 e. The summed E-state index contributed by atoms with van der Waals surface area (Å²) >= 11 is 3.29. The van der Waals surface area contributed by atoms with Crippen LogP contribution in [0.25, 0.3) is 0 Å². The number of amides is 4. The van der Waals surface area contributed by atoms with Crippen LogP contribution in [0, 0.1) is 0 Å². The van der Waals surface area contributed by atoms with Gasteiger partial charge in [-0.25, -0.2) is 9.59 Å². The average Bonchev–Trinajstić information content (AvgIpc) is 2.99. The molecule has 0 saturated carbocycles. The maximum atomic E-state index is 13.2. The zero-order chi connectivity index (χ0) is 20.4. The largest absolute Gasteiger partial charge is 0.430 e. The van der Waals surface area contributed by atoms with Gasteiger partial charge in [-0.1, -0.05) is 70.5 Å². The van der Waals surface area contributed by atoms with Crippen LogP contribution in [0.1, 0.15) is 11.6 Å². The van der Waals surface area contributed by atoms with E-state index in [2.05, 4.69) is 15.9 Å². The fourth-order valence-corrected chi connectivity index (χ4v) is 3.54. The Balaban J connectivity index is 1.71. The van der Waals surface area contributed by atoms with Crippen molar-refractivity contribution in [3.8, 4) is 5.75 Å². The third-order valence-corrected chi connectivity index (χ3v) is 4.94. The Morgan fingerprint density at radius 2 is 1.52 bits per heavy atom. The van der Waals surface area contributed by atoms with Gasteiger partial charge < -0.3 is 4.74 Å². The van der Waals surface area contributed by atoms with E-state index in [-0.39, 0.29) is 5.75 Å². The van der Waals surface area contributed by atoms with E-state index in [1.165, 1.54) is 4.90 Å². The molecule has 29 heavy (non-hydrogen) atoms. The van der Waals surface area contributed by atoms with Gasteiger partial charge >= 0.3 is 12.1 Å². The first kappa shape index (κ1) is 18.9. The molecule has 0 N–H and O–H groups in total. The van der Waals surface area contributed by atoms with E-state index in [1.54, 1.807) is 72.8 Å². The van der Waals surface area contributed by atoms with Gasteiger partial charge in [-0.15, -0.1) is 0 Å². The molecule has 3 aromatic rings. The van der Waals surface area contributed by atoms with Gasteiger partial charge in [0.2, 0.25) is 0 Å². The molecule has 3 aromatic carbocycles. The fraction of sp³-hybridized carbons (Fsp3) is 0.0455. The van der Waals surface area contributed by atoms with Gasteiger partial charge in [0.25, 0.3) is 5.91 Å². The summed E-state index contributed by atoms with van der Waals surface area (Å²) in [5.41, 5.74) is 1.12. The molecule has 1 atom stereocenters. The summed E-state index contributed by atoms with van der Waals surface area (Å²) in [6.45, 7) is 0. The van der Waals surface area contributed by atoms with Crippen molar-refractivity contribution in [1.29, 1.82) is 0 Å². The van der Waals surface area contributed by atoms with Crippen molar-refractivity contribution in [2.75, 3.05) is 4.90 Å². The molecule has 1 aliphatic heterocycles. The standard InChI is InChI=1S/C22H15BrN2O4/c23-16-10-7-13-18(14-16)29-22(28)25-20(26)19(15-8-3-1-4-9-15)24(21(25)27)17-11-5-2-6-12-17/h1-14,19H. The van der Waals surface area contributed by atoms with Crippen LogP contribution >= 0.6 is 15.9 Å². The van der Waals surface area contributed by atoms with Crippen molar-refractivity contribution in [2.45, 2.75) is 6.04 Å². The maximum absolute atomic E-state index is 13.2. The third-order valence-electron chi connectivity index (χ3n) is 4.44. The lowest BCUT2D eigenvalue weighted by molar-refractivity contribution is -0.125. The number of carbonyl (C=O) groups excluding carboxylic acids is 3. The van der Waals surface area contributed by atoms with Crippen molar-refractivity contribution in [1.82, 2.24) is 4.90 Å². The first-order valence-electron chi connectivity index (χ1n) is 8.81. The zero-order valence-electron chi connectivity index (χ0n) is 15.1. The van der Waals surface area contributed by atoms with Crippen LogP contribution in [-0.2, 0) is 4.79 Å². The first-order valence-corrected chi connectivity index (χ1v) is 9.60. The van der Waals surface area contributed by atoms with E-state index in [1.807, 2.05) is 12.1 Å². The molecule has 4 amide bonds. The van der Waals surface area contributed by atoms with Crippen LogP contribution in [0.15, 0.2) is 89.4 Å². The first-order chi connectivity index (χ1) is 14.1. The predicted molar refractivity (Wildman–Crippen MR) is 111 cm³/mol. The van der Waals surface area contributed by atoms with E-state index in [0.29, 0.717) is 20.6 Å². The Hall–Kier alpha value is -3.45. The minimum absolute atomic E-state index is 0.222. The summed E-state index contributed by atoms with van der Waals surface area (Å²) in [7, 11) is 0. The number of para-hydroxylation sites is 1. The molecule has 0 bridgehead atoms. The Bertz CT molecular complexity index is 1010. The van der Waals surface area contributed by atoms with Gasteiger partial charge in [0.05, 0.1) is 0 Å². The summed E-state index contributed by atoms with van der Waals surface area (Å²) in [6.07, 6.45) is -1.04.